The van der Waals surface area contributed by atoms with Crippen molar-refractivity contribution in [2.24, 2.45) is 0 Å². The van der Waals surface area contributed by atoms with E-state index < -0.39 is 10.9 Å². The van der Waals surface area contributed by atoms with Gasteiger partial charge in [-0.3, -0.25) is 19.7 Å². The highest BCUT2D eigenvalue weighted by molar-refractivity contribution is 6.00. The molecule has 0 heterocycles. The molecule has 1 aromatic carbocycles. The molecule has 0 aliphatic carbocycles. The second-order valence-electron chi connectivity index (χ2n) is 3.64. The number of esters is 1. The van der Waals surface area contributed by atoms with Crippen molar-refractivity contribution in [2.45, 2.75) is 12.8 Å². The number of nitrogens with zero attached hydrogens (tertiary/aromatic N) is 1. The smallest absolute Gasteiger partial charge is 0.305 e. The quantitative estimate of drug-likeness (QED) is 0.337. The average Bonchev–Trinajstić information content (AvgIpc) is 2.43. The molecule has 1 aromatic rings. The predicted molar refractivity (Wildman–Crippen MR) is 65.2 cm³/mol. The van der Waals surface area contributed by atoms with Crippen LogP contribution in [0.1, 0.15) is 23.2 Å². The van der Waals surface area contributed by atoms with Crippen LogP contribution in [0.4, 0.5) is 5.69 Å². The molecule has 0 bridgehead atoms. The molecule has 102 valence electrons. The first-order chi connectivity index (χ1) is 8.99. The first kappa shape index (κ1) is 14.6. The molecular formula is C12H13NO6. The van der Waals surface area contributed by atoms with Gasteiger partial charge in [0.05, 0.1) is 37.2 Å². The summed E-state index contributed by atoms with van der Waals surface area (Å²) in [5.41, 5.74) is 0.0402. The highest BCUT2D eigenvalue weighted by Gasteiger charge is 2.17. The number of nitro groups is 1. The summed E-state index contributed by atoms with van der Waals surface area (Å²) in [4.78, 5) is 32.8. The molecular weight excluding hydrogens is 254 g/mol. The van der Waals surface area contributed by atoms with Crippen LogP contribution in [-0.2, 0) is 9.53 Å². The van der Waals surface area contributed by atoms with E-state index in [0.717, 1.165) is 0 Å². The summed E-state index contributed by atoms with van der Waals surface area (Å²) >= 11 is 0. The molecule has 0 aliphatic rings. The van der Waals surface area contributed by atoms with Crippen LogP contribution in [0.3, 0.4) is 0 Å². The Morgan fingerprint density at radius 2 is 1.95 bits per heavy atom. The van der Waals surface area contributed by atoms with Gasteiger partial charge in [-0.2, -0.15) is 0 Å². The van der Waals surface area contributed by atoms with Gasteiger partial charge >= 0.3 is 5.97 Å². The lowest BCUT2D eigenvalue weighted by Gasteiger charge is -2.07. The van der Waals surface area contributed by atoms with E-state index in [1.807, 2.05) is 0 Å². The predicted octanol–water partition coefficient (Wildman–Crippen LogP) is 1.74. The Morgan fingerprint density at radius 3 is 2.47 bits per heavy atom. The van der Waals surface area contributed by atoms with Gasteiger partial charge in [0.25, 0.3) is 5.69 Å². The SMILES string of the molecule is COC(=O)CCC(=O)c1ccc([N+](=O)[O-])cc1OC. The molecule has 0 saturated carbocycles. The molecule has 0 unspecified atom stereocenters. The third kappa shape index (κ3) is 3.77. The molecule has 0 fully saturated rings. The number of hydrogen-bond acceptors (Lipinski definition) is 6. The van der Waals surface area contributed by atoms with Crippen molar-refractivity contribution < 1.29 is 24.0 Å². The number of carbonyl (C=O) groups excluding carboxylic acids is 2. The molecule has 0 aromatic heterocycles. The van der Waals surface area contributed by atoms with Crippen LogP contribution in [0, 0.1) is 10.1 Å². The van der Waals surface area contributed by atoms with E-state index in [9.17, 15) is 19.7 Å². The van der Waals surface area contributed by atoms with Crippen LogP contribution in [0.5, 0.6) is 5.75 Å². The number of rotatable bonds is 6. The Bertz CT molecular complexity index is 511. The molecule has 7 nitrogen and oxygen atoms in total. The Morgan fingerprint density at radius 1 is 1.26 bits per heavy atom. The number of carbonyl (C=O) groups is 2. The molecule has 7 heteroatoms. The fourth-order valence-electron chi connectivity index (χ4n) is 1.48. The lowest BCUT2D eigenvalue weighted by molar-refractivity contribution is -0.384. The monoisotopic (exact) mass is 267 g/mol. The van der Waals surface area contributed by atoms with Crippen LogP contribution in [-0.4, -0.2) is 30.9 Å². The summed E-state index contributed by atoms with van der Waals surface area (Å²) in [6, 6.07) is 3.70. The number of ketones is 1. The van der Waals surface area contributed by atoms with Crippen molar-refractivity contribution in [3.8, 4) is 5.75 Å². The zero-order valence-corrected chi connectivity index (χ0v) is 10.5. The summed E-state index contributed by atoms with van der Waals surface area (Å²) in [7, 11) is 2.55. The number of Topliss-reactive ketones (excluding diaryl/α,β-unsaturated/α-hetero) is 1. The zero-order valence-electron chi connectivity index (χ0n) is 10.5. The third-order valence-electron chi connectivity index (χ3n) is 2.48. The molecule has 0 N–H and O–H groups in total. The van der Waals surface area contributed by atoms with Gasteiger partial charge in [-0.25, -0.2) is 0 Å². The number of benzene rings is 1. The van der Waals surface area contributed by atoms with Crippen LogP contribution >= 0.6 is 0 Å². The highest BCUT2D eigenvalue weighted by Crippen LogP contribution is 2.25. The van der Waals surface area contributed by atoms with Gasteiger partial charge in [0, 0.05) is 12.5 Å². The Labute approximate surface area is 109 Å². The van der Waals surface area contributed by atoms with E-state index in [2.05, 4.69) is 4.74 Å². The van der Waals surface area contributed by atoms with Crippen molar-refractivity contribution in [1.82, 2.24) is 0 Å². The van der Waals surface area contributed by atoms with Gasteiger partial charge < -0.3 is 9.47 Å². The largest absolute Gasteiger partial charge is 0.496 e. The number of non-ortho nitro benzene ring substituents is 1. The maximum Gasteiger partial charge on any atom is 0.305 e. The first-order valence-electron chi connectivity index (χ1n) is 5.42. The minimum absolute atomic E-state index is 0.0408. The average molecular weight is 267 g/mol. The Hall–Kier alpha value is -2.44. The van der Waals surface area contributed by atoms with Gasteiger partial charge in [0.1, 0.15) is 5.75 Å². The van der Waals surface area contributed by atoms with Gasteiger partial charge in [-0.05, 0) is 6.07 Å². The molecule has 0 saturated heterocycles. The van der Waals surface area contributed by atoms with Crippen molar-refractivity contribution >= 4 is 17.4 Å². The Kier molecular flexibility index (Phi) is 4.99. The summed E-state index contributed by atoms with van der Waals surface area (Å²) in [5, 5.41) is 10.6. The normalized spacial score (nSPS) is 9.79. The van der Waals surface area contributed by atoms with E-state index in [4.69, 9.17) is 4.74 Å². The molecule has 0 amide bonds. The topological polar surface area (TPSA) is 95.7 Å². The van der Waals surface area contributed by atoms with Crippen LogP contribution in [0.15, 0.2) is 18.2 Å². The van der Waals surface area contributed by atoms with E-state index >= 15 is 0 Å². The molecule has 0 aliphatic heterocycles. The van der Waals surface area contributed by atoms with E-state index in [-0.39, 0.29) is 35.6 Å². The maximum absolute atomic E-state index is 11.9. The van der Waals surface area contributed by atoms with Crippen molar-refractivity contribution in [2.75, 3.05) is 14.2 Å². The van der Waals surface area contributed by atoms with Gasteiger partial charge in [-0.15, -0.1) is 0 Å². The van der Waals surface area contributed by atoms with Crippen molar-refractivity contribution in [1.29, 1.82) is 0 Å². The van der Waals surface area contributed by atoms with Crippen LogP contribution in [0.2, 0.25) is 0 Å². The fraction of sp³-hybridized carbons (Fsp3) is 0.333. The number of hydrogen-bond donors (Lipinski definition) is 0. The summed E-state index contributed by atoms with van der Waals surface area (Å²) in [5.74, 6) is -0.713. The lowest BCUT2D eigenvalue weighted by atomic mass is 10.0. The lowest BCUT2D eigenvalue weighted by Crippen LogP contribution is -2.07. The van der Waals surface area contributed by atoms with Gasteiger partial charge in [0.2, 0.25) is 0 Å². The minimum atomic E-state index is -0.578. The highest BCUT2D eigenvalue weighted by atomic mass is 16.6. The standard InChI is InChI=1S/C12H13NO6/c1-18-11-7-8(13(16)17)3-4-9(11)10(14)5-6-12(15)19-2/h3-4,7H,5-6H2,1-2H3. The van der Waals surface area contributed by atoms with Gasteiger partial charge in [-0.1, -0.05) is 0 Å². The molecule has 0 atom stereocenters. The van der Waals surface area contributed by atoms with Gasteiger partial charge in [0.15, 0.2) is 5.78 Å². The van der Waals surface area contributed by atoms with E-state index in [1.54, 1.807) is 0 Å². The second-order valence-corrected chi connectivity index (χ2v) is 3.64. The molecule has 0 spiro atoms. The number of methoxy groups -OCH3 is 2. The minimum Gasteiger partial charge on any atom is -0.496 e. The summed E-state index contributed by atoms with van der Waals surface area (Å²) in [6.45, 7) is 0. The van der Waals surface area contributed by atoms with Crippen molar-refractivity contribution in [3.63, 3.8) is 0 Å². The Balaban J connectivity index is 2.90. The van der Waals surface area contributed by atoms with E-state index in [1.165, 1.54) is 32.4 Å². The van der Waals surface area contributed by atoms with E-state index in [0.29, 0.717) is 0 Å². The summed E-state index contributed by atoms with van der Waals surface area (Å²) in [6.07, 6.45) is -0.0870. The van der Waals surface area contributed by atoms with Crippen LogP contribution < -0.4 is 4.74 Å². The fourth-order valence-corrected chi connectivity index (χ4v) is 1.48. The zero-order chi connectivity index (χ0) is 14.4. The third-order valence-corrected chi connectivity index (χ3v) is 2.48. The maximum atomic E-state index is 11.9. The molecule has 1 rings (SSSR count). The first-order valence-corrected chi connectivity index (χ1v) is 5.42. The number of nitro benzene ring substituents is 1. The summed E-state index contributed by atoms with van der Waals surface area (Å²) < 4.78 is 9.38. The van der Waals surface area contributed by atoms with Crippen LogP contribution in [0.25, 0.3) is 0 Å². The molecule has 0 radical (unpaired) electrons. The second kappa shape index (κ2) is 6.48. The number of ether oxygens (including phenoxy) is 2. The van der Waals surface area contributed by atoms with Crippen molar-refractivity contribution in [3.05, 3.63) is 33.9 Å². The molecule has 19 heavy (non-hydrogen) atoms.